The maximum absolute atomic E-state index is 12.5. The highest BCUT2D eigenvalue weighted by Gasteiger charge is 2.31. The maximum atomic E-state index is 12.5. The van der Waals surface area contributed by atoms with Crippen LogP contribution in [0.15, 0.2) is 24.5 Å². The lowest BCUT2D eigenvalue weighted by atomic mass is 10.0. The van der Waals surface area contributed by atoms with Gasteiger partial charge >= 0.3 is 12.1 Å². The zero-order valence-corrected chi connectivity index (χ0v) is 13.2. The third-order valence-electron chi connectivity index (χ3n) is 3.26. The van der Waals surface area contributed by atoms with Gasteiger partial charge in [-0.05, 0) is 18.1 Å². The Hall–Kier alpha value is -2.98. The Morgan fingerprint density at radius 3 is 2.44 bits per heavy atom. The van der Waals surface area contributed by atoms with Crippen molar-refractivity contribution >= 4 is 11.9 Å². The summed E-state index contributed by atoms with van der Waals surface area (Å²) in [6, 6.07) is 0.790. The van der Waals surface area contributed by atoms with Crippen LogP contribution in [0.25, 0.3) is 5.82 Å². The molecule has 2 N–H and O–H groups in total. The smallest absolute Gasteiger partial charge is 0.417 e. The van der Waals surface area contributed by atoms with Crippen LogP contribution in [0.4, 0.5) is 13.2 Å². The molecule has 0 bridgehead atoms. The predicted molar refractivity (Wildman–Crippen MR) is 77.9 cm³/mol. The summed E-state index contributed by atoms with van der Waals surface area (Å²) in [6.45, 7) is 3.25. The molecule has 0 saturated heterocycles. The molecule has 0 aliphatic rings. The molecule has 0 aromatic carbocycles. The van der Waals surface area contributed by atoms with E-state index in [1.165, 1.54) is 0 Å². The van der Waals surface area contributed by atoms with Crippen LogP contribution in [-0.2, 0) is 11.0 Å². The Balaban J connectivity index is 2.16. The summed E-state index contributed by atoms with van der Waals surface area (Å²) in [6.07, 6.45) is -2.73. The number of halogens is 3. The highest BCUT2D eigenvalue weighted by Crippen LogP contribution is 2.28. The molecule has 0 fully saturated rings. The fourth-order valence-corrected chi connectivity index (χ4v) is 1.90. The average molecular weight is 357 g/mol. The number of hydrogen-bond donors (Lipinski definition) is 2. The van der Waals surface area contributed by atoms with Crippen LogP contribution < -0.4 is 5.32 Å². The molecule has 0 radical (unpaired) electrons. The van der Waals surface area contributed by atoms with E-state index >= 15 is 0 Å². The van der Waals surface area contributed by atoms with E-state index in [4.69, 9.17) is 5.11 Å². The summed E-state index contributed by atoms with van der Waals surface area (Å²) in [4.78, 5) is 26.7. The summed E-state index contributed by atoms with van der Waals surface area (Å²) < 4.78 is 38.5. The minimum atomic E-state index is -4.51. The lowest BCUT2D eigenvalue weighted by molar-refractivity contribution is -0.140. The Labute approximate surface area is 139 Å². The quantitative estimate of drug-likeness (QED) is 0.840. The number of alkyl halides is 3. The number of nitrogens with zero attached hydrogens (tertiary/aromatic N) is 4. The second-order valence-electron chi connectivity index (χ2n) is 5.48. The number of carboxylic acids is 1. The Kier molecular flexibility index (Phi) is 5.04. The van der Waals surface area contributed by atoms with Gasteiger partial charge in [0.05, 0.1) is 11.8 Å². The van der Waals surface area contributed by atoms with Crippen molar-refractivity contribution in [2.24, 2.45) is 5.92 Å². The van der Waals surface area contributed by atoms with Crippen LogP contribution in [0, 0.1) is 5.92 Å². The Morgan fingerprint density at radius 1 is 1.28 bits per heavy atom. The fourth-order valence-electron chi connectivity index (χ4n) is 1.90. The Bertz CT molecular complexity index is 771. The second-order valence-corrected chi connectivity index (χ2v) is 5.48. The molecule has 1 amide bonds. The first-order valence-electron chi connectivity index (χ1n) is 7.09. The van der Waals surface area contributed by atoms with Crippen molar-refractivity contribution in [1.82, 2.24) is 25.3 Å². The van der Waals surface area contributed by atoms with Crippen molar-refractivity contribution in [3.8, 4) is 5.82 Å². The molecule has 2 heterocycles. The van der Waals surface area contributed by atoms with Crippen LogP contribution in [-0.4, -0.2) is 43.0 Å². The number of carbonyl (C=O) groups excluding carboxylic acids is 1. The van der Waals surface area contributed by atoms with E-state index in [-0.39, 0.29) is 17.4 Å². The van der Waals surface area contributed by atoms with Crippen LogP contribution in [0.3, 0.4) is 0 Å². The summed E-state index contributed by atoms with van der Waals surface area (Å²) in [5.41, 5.74) is -1.11. The first-order chi connectivity index (χ1) is 11.6. The third kappa shape index (κ3) is 4.31. The number of nitrogens with one attached hydrogen (secondary N) is 1. The number of carbonyl (C=O) groups is 2. The molecule has 0 aliphatic heterocycles. The average Bonchev–Trinajstić information content (AvgIpc) is 3.01. The zero-order valence-electron chi connectivity index (χ0n) is 13.2. The number of aromatic nitrogens is 4. The van der Waals surface area contributed by atoms with Gasteiger partial charge in [-0.3, -0.25) is 4.79 Å². The predicted octanol–water partition coefficient (Wildman–Crippen LogP) is 1.52. The maximum Gasteiger partial charge on any atom is 0.417 e. The molecule has 25 heavy (non-hydrogen) atoms. The summed E-state index contributed by atoms with van der Waals surface area (Å²) in [7, 11) is 0. The van der Waals surface area contributed by atoms with Crippen molar-refractivity contribution in [2.45, 2.75) is 26.1 Å². The standard InChI is InChI=1S/C14H14F3N5O3/c1-7(2)11(13(24)25)19-12(23)9-6-22(21-20-9)10-4-3-8(5-18-10)14(15,16)17/h3-7,11H,1-2H3,(H,19,23)(H,24,25)/t11-/m1/s1. The van der Waals surface area contributed by atoms with E-state index in [2.05, 4.69) is 20.6 Å². The molecular formula is C14H14F3N5O3. The molecule has 0 spiro atoms. The molecule has 2 aromatic rings. The monoisotopic (exact) mass is 357 g/mol. The van der Waals surface area contributed by atoms with E-state index in [1.807, 2.05) is 0 Å². The number of amides is 1. The van der Waals surface area contributed by atoms with E-state index in [9.17, 15) is 22.8 Å². The summed E-state index contributed by atoms with van der Waals surface area (Å²) in [5, 5.41) is 18.6. The molecule has 0 aliphatic carbocycles. The molecule has 0 unspecified atom stereocenters. The molecule has 134 valence electrons. The van der Waals surface area contributed by atoms with Crippen LogP contribution >= 0.6 is 0 Å². The first kappa shape index (κ1) is 18.4. The van der Waals surface area contributed by atoms with Gasteiger partial charge in [-0.15, -0.1) is 5.10 Å². The van der Waals surface area contributed by atoms with Gasteiger partial charge in [0.15, 0.2) is 11.5 Å². The third-order valence-corrected chi connectivity index (χ3v) is 3.26. The number of aliphatic carboxylic acids is 1. The van der Waals surface area contributed by atoms with Crippen LogP contribution in [0.2, 0.25) is 0 Å². The van der Waals surface area contributed by atoms with E-state index in [1.54, 1.807) is 13.8 Å². The minimum Gasteiger partial charge on any atom is -0.480 e. The van der Waals surface area contributed by atoms with Crippen molar-refractivity contribution in [3.05, 3.63) is 35.8 Å². The first-order valence-corrected chi connectivity index (χ1v) is 7.09. The van der Waals surface area contributed by atoms with E-state index < -0.39 is 29.7 Å². The van der Waals surface area contributed by atoms with Gasteiger partial charge in [-0.1, -0.05) is 19.1 Å². The molecule has 11 heteroatoms. The number of pyridine rings is 1. The summed E-state index contributed by atoms with van der Waals surface area (Å²) >= 11 is 0. The molecular weight excluding hydrogens is 343 g/mol. The Morgan fingerprint density at radius 2 is 1.96 bits per heavy atom. The van der Waals surface area contributed by atoms with Gasteiger partial charge in [-0.2, -0.15) is 13.2 Å². The minimum absolute atomic E-state index is 0.0261. The molecule has 8 nitrogen and oxygen atoms in total. The van der Waals surface area contributed by atoms with Crippen molar-refractivity contribution in [3.63, 3.8) is 0 Å². The van der Waals surface area contributed by atoms with Crippen molar-refractivity contribution < 1.29 is 27.9 Å². The van der Waals surface area contributed by atoms with E-state index in [0.29, 0.717) is 6.20 Å². The topological polar surface area (TPSA) is 110 Å². The fraction of sp³-hybridized carbons (Fsp3) is 0.357. The SMILES string of the molecule is CC(C)[C@@H](NC(=O)c1cn(-c2ccc(C(F)(F)F)cn2)nn1)C(=O)O. The highest BCUT2D eigenvalue weighted by atomic mass is 19.4. The van der Waals surface area contributed by atoms with Crippen molar-refractivity contribution in [2.75, 3.05) is 0 Å². The normalized spacial score (nSPS) is 12.9. The van der Waals surface area contributed by atoms with Crippen LogP contribution in [0.5, 0.6) is 0 Å². The van der Waals surface area contributed by atoms with Gasteiger partial charge in [0.25, 0.3) is 5.91 Å². The van der Waals surface area contributed by atoms with Gasteiger partial charge in [0.1, 0.15) is 6.04 Å². The number of carboxylic acid groups (broad SMARTS) is 1. The van der Waals surface area contributed by atoms with Gasteiger partial charge in [0.2, 0.25) is 0 Å². The van der Waals surface area contributed by atoms with E-state index in [0.717, 1.165) is 23.0 Å². The molecule has 0 saturated carbocycles. The molecule has 2 rings (SSSR count). The molecule has 1 atom stereocenters. The number of rotatable bonds is 5. The van der Waals surface area contributed by atoms with Crippen molar-refractivity contribution in [1.29, 1.82) is 0 Å². The van der Waals surface area contributed by atoms with Crippen LogP contribution in [0.1, 0.15) is 29.9 Å². The van der Waals surface area contributed by atoms with Gasteiger partial charge in [0, 0.05) is 6.20 Å². The van der Waals surface area contributed by atoms with Gasteiger partial charge < -0.3 is 10.4 Å². The lowest BCUT2D eigenvalue weighted by Crippen LogP contribution is -2.44. The largest absolute Gasteiger partial charge is 0.480 e. The van der Waals surface area contributed by atoms with Gasteiger partial charge in [-0.25, -0.2) is 14.5 Å². The summed E-state index contributed by atoms with van der Waals surface area (Å²) in [5.74, 6) is -2.29. The molecule has 2 aromatic heterocycles. The zero-order chi connectivity index (χ0) is 18.8. The lowest BCUT2D eigenvalue weighted by Gasteiger charge is -2.16. The second kappa shape index (κ2) is 6.87. The highest BCUT2D eigenvalue weighted by molar-refractivity contribution is 5.94. The number of hydrogen-bond acceptors (Lipinski definition) is 5.